The summed E-state index contributed by atoms with van der Waals surface area (Å²) in [5, 5.41) is 0. The lowest BCUT2D eigenvalue weighted by Gasteiger charge is -2.06. The van der Waals surface area contributed by atoms with Gasteiger partial charge in [0.25, 0.3) is 0 Å². The molecule has 0 fully saturated rings. The van der Waals surface area contributed by atoms with Crippen LogP contribution in [0.4, 0.5) is 0 Å². The average Bonchev–Trinajstić information content (AvgIpc) is 2.60. The monoisotopic (exact) mass is 332 g/mol. The minimum atomic E-state index is -0.541. The zero-order valence-electron chi connectivity index (χ0n) is 13.5. The van der Waals surface area contributed by atoms with Gasteiger partial charge in [-0.25, -0.2) is 9.59 Å². The van der Waals surface area contributed by atoms with E-state index >= 15 is 0 Å². The highest BCUT2D eigenvalue weighted by Gasteiger charge is 2.04. The molecule has 0 saturated heterocycles. The van der Waals surface area contributed by atoms with E-state index in [0.29, 0.717) is 5.75 Å². The Morgan fingerprint density at radius 3 is 2.33 bits per heavy atom. The van der Waals surface area contributed by atoms with E-state index in [9.17, 15) is 14.4 Å². The van der Waals surface area contributed by atoms with Crippen LogP contribution < -0.4 is 4.74 Å². The van der Waals surface area contributed by atoms with Crippen molar-refractivity contribution in [2.45, 2.75) is 12.8 Å². The molecule has 0 amide bonds. The van der Waals surface area contributed by atoms with Gasteiger partial charge in [-0.2, -0.15) is 0 Å². The third kappa shape index (κ3) is 7.93. The molecule has 1 aromatic rings. The van der Waals surface area contributed by atoms with Crippen molar-refractivity contribution in [3.8, 4) is 5.75 Å². The first-order valence-electron chi connectivity index (χ1n) is 7.35. The first kappa shape index (κ1) is 19.2. The number of carbonyl (C=O) groups excluding carboxylic acids is 3. The van der Waals surface area contributed by atoms with Crippen LogP contribution in [0, 0.1) is 0 Å². The molecule has 0 aliphatic carbocycles. The van der Waals surface area contributed by atoms with E-state index in [1.54, 1.807) is 30.3 Å². The number of hydrogen-bond acceptors (Lipinski definition) is 6. The number of ether oxygens (including phenoxy) is 3. The van der Waals surface area contributed by atoms with Gasteiger partial charge >= 0.3 is 11.9 Å². The van der Waals surface area contributed by atoms with E-state index in [1.165, 1.54) is 13.2 Å². The van der Waals surface area contributed by atoms with Gasteiger partial charge in [-0.05, 0) is 23.8 Å². The standard InChI is InChI=1S/C18H20O6/c1-3-17(20)24-13-11-15(19)10-12-23-16-7-4-14(5-8-16)6-9-18(21)22-2/h3-9H,1,10-13H2,2H3. The van der Waals surface area contributed by atoms with Crippen LogP contribution in [0.15, 0.2) is 43.0 Å². The van der Waals surface area contributed by atoms with Gasteiger partial charge in [0.2, 0.25) is 0 Å². The highest BCUT2D eigenvalue weighted by atomic mass is 16.5. The van der Waals surface area contributed by atoms with Crippen LogP contribution in [0.1, 0.15) is 18.4 Å². The highest BCUT2D eigenvalue weighted by molar-refractivity contribution is 5.86. The normalized spacial score (nSPS) is 10.2. The van der Waals surface area contributed by atoms with Crippen molar-refractivity contribution in [2.75, 3.05) is 20.3 Å². The van der Waals surface area contributed by atoms with Gasteiger partial charge in [-0.15, -0.1) is 0 Å². The predicted molar refractivity (Wildman–Crippen MR) is 88.4 cm³/mol. The molecule has 1 rings (SSSR count). The van der Waals surface area contributed by atoms with E-state index in [0.717, 1.165) is 11.6 Å². The number of carbonyl (C=O) groups is 3. The van der Waals surface area contributed by atoms with Crippen molar-refractivity contribution in [1.29, 1.82) is 0 Å². The molecule has 0 aliphatic rings. The molecule has 6 nitrogen and oxygen atoms in total. The number of hydrogen-bond donors (Lipinski definition) is 0. The van der Waals surface area contributed by atoms with Crippen LogP contribution in [-0.4, -0.2) is 38.0 Å². The molecular formula is C18H20O6. The van der Waals surface area contributed by atoms with E-state index in [-0.39, 0.29) is 31.8 Å². The predicted octanol–water partition coefficient (Wildman–Crippen LogP) is 2.33. The lowest BCUT2D eigenvalue weighted by molar-refractivity contribution is -0.138. The summed E-state index contributed by atoms with van der Waals surface area (Å²) in [6.07, 6.45) is 4.39. The molecule has 0 aliphatic heterocycles. The molecule has 0 unspecified atom stereocenters. The molecule has 0 radical (unpaired) electrons. The Kier molecular flexibility index (Phi) is 8.60. The smallest absolute Gasteiger partial charge is 0.330 e. The lowest BCUT2D eigenvalue weighted by atomic mass is 10.2. The zero-order chi connectivity index (χ0) is 17.8. The number of methoxy groups -OCH3 is 1. The zero-order valence-corrected chi connectivity index (χ0v) is 13.5. The maximum Gasteiger partial charge on any atom is 0.330 e. The third-order valence-corrected chi connectivity index (χ3v) is 2.93. The second-order valence-electron chi connectivity index (χ2n) is 4.68. The Morgan fingerprint density at radius 2 is 1.71 bits per heavy atom. The Bertz CT molecular complexity index is 600. The van der Waals surface area contributed by atoms with Gasteiger partial charge in [-0.1, -0.05) is 18.7 Å². The van der Waals surface area contributed by atoms with Gasteiger partial charge in [0.1, 0.15) is 11.5 Å². The minimum absolute atomic E-state index is 0.0465. The van der Waals surface area contributed by atoms with Crippen LogP contribution >= 0.6 is 0 Å². The molecule has 0 spiro atoms. The number of benzene rings is 1. The maximum atomic E-state index is 11.6. The summed E-state index contributed by atoms with van der Waals surface area (Å²) in [7, 11) is 1.31. The molecule has 0 N–H and O–H groups in total. The van der Waals surface area contributed by atoms with Gasteiger partial charge in [0.05, 0.1) is 20.3 Å². The largest absolute Gasteiger partial charge is 0.493 e. The molecule has 0 saturated carbocycles. The Labute approximate surface area is 140 Å². The number of esters is 2. The summed E-state index contributed by atoms with van der Waals surface area (Å²) in [5.74, 6) is -0.395. The average molecular weight is 332 g/mol. The summed E-state index contributed by atoms with van der Waals surface area (Å²) < 4.78 is 14.7. The molecule has 0 heterocycles. The van der Waals surface area contributed by atoms with Gasteiger partial charge in [0, 0.05) is 25.0 Å². The van der Waals surface area contributed by atoms with Crippen molar-refractivity contribution in [3.05, 3.63) is 48.6 Å². The highest BCUT2D eigenvalue weighted by Crippen LogP contribution is 2.13. The van der Waals surface area contributed by atoms with Crippen LogP contribution in [0.3, 0.4) is 0 Å². The number of Topliss-reactive ketones (excluding diaryl/α,β-unsaturated/α-hetero) is 1. The minimum Gasteiger partial charge on any atom is -0.493 e. The Morgan fingerprint density at radius 1 is 1.04 bits per heavy atom. The van der Waals surface area contributed by atoms with Crippen LogP contribution in [0.5, 0.6) is 5.75 Å². The van der Waals surface area contributed by atoms with Crippen molar-refractivity contribution >= 4 is 23.8 Å². The van der Waals surface area contributed by atoms with Crippen LogP contribution in [0.2, 0.25) is 0 Å². The molecule has 0 atom stereocenters. The molecule has 128 valence electrons. The van der Waals surface area contributed by atoms with Crippen molar-refractivity contribution < 1.29 is 28.6 Å². The van der Waals surface area contributed by atoms with Gasteiger partial charge < -0.3 is 14.2 Å². The summed E-state index contributed by atoms with van der Waals surface area (Å²) in [6, 6.07) is 7.05. The quantitative estimate of drug-likeness (QED) is 0.483. The first-order valence-corrected chi connectivity index (χ1v) is 7.35. The van der Waals surface area contributed by atoms with E-state index in [2.05, 4.69) is 11.3 Å². The van der Waals surface area contributed by atoms with Gasteiger partial charge in [-0.3, -0.25) is 4.79 Å². The Balaban J connectivity index is 2.29. The summed E-state index contributed by atoms with van der Waals surface area (Å²) in [5.41, 5.74) is 0.827. The second kappa shape index (κ2) is 10.8. The molecule has 24 heavy (non-hydrogen) atoms. The SMILES string of the molecule is C=CC(=O)OCCC(=O)CCOc1ccc(C=CC(=O)OC)cc1. The Hall–Kier alpha value is -2.89. The molecule has 0 aromatic heterocycles. The lowest BCUT2D eigenvalue weighted by Crippen LogP contribution is -2.10. The fourth-order valence-corrected chi connectivity index (χ4v) is 1.64. The summed E-state index contributed by atoms with van der Waals surface area (Å²) in [4.78, 5) is 33.4. The van der Waals surface area contributed by atoms with Crippen molar-refractivity contribution in [2.24, 2.45) is 0 Å². The molecule has 1 aromatic carbocycles. The second-order valence-corrected chi connectivity index (χ2v) is 4.68. The molecule has 0 bridgehead atoms. The van der Waals surface area contributed by atoms with Crippen LogP contribution in [0.25, 0.3) is 6.08 Å². The summed E-state index contributed by atoms with van der Waals surface area (Å²) >= 11 is 0. The maximum absolute atomic E-state index is 11.6. The fraction of sp³-hybridized carbons (Fsp3) is 0.278. The topological polar surface area (TPSA) is 78.9 Å². The first-order chi connectivity index (χ1) is 11.5. The van der Waals surface area contributed by atoms with Crippen molar-refractivity contribution in [3.63, 3.8) is 0 Å². The molecule has 6 heteroatoms. The molecular weight excluding hydrogens is 312 g/mol. The fourth-order valence-electron chi connectivity index (χ4n) is 1.64. The van der Waals surface area contributed by atoms with E-state index in [4.69, 9.17) is 9.47 Å². The van der Waals surface area contributed by atoms with E-state index < -0.39 is 11.9 Å². The van der Waals surface area contributed by atoms with Gasteiger partial charge in [0.15, 0.2) is 0 Å². The third-order valence-electron chi connectivity index (χ3n) is 2.93. The number of rotatable bonds is 10. The summed E-state index contributed by atoms with van der Waals surface area (Å²) in [6.45, 7) is 3.55. The van der Waals surface area contributed by atoms with E-state index in [1.807, 2.05) is 0 Å². The van der Waals surface area contributed by atoms with Crippen LogP contribution in [-0.2, 0) is 23.9 Å². The number of ketones is 1. The van der Waals surface area contributed by atoms with Crippen molar-refractivity contribution in [1.82, 2.24) is 0 Å².